The molecule has 1 atom stereocenters. The van der Waals surface area contributed by atoms with Crippen molar-refractivity contribution in [3.8, 4) is 0 Å². The van der Waals surface area contributed by atoms with Crippen LogP contribution < -0.4 is 10.0 Å². The lowest BCUT2D eigenvalue weighted by Crippen LogP contribution is -2.49. The van der Waals surface area contributed by atoms with Gasteiger partial charge in [-0.3, -0.25) is 4.79 Å². The van der Waals surface area contributed by atoms with Crippen LogP contribution >= 0.6 is 0 Å². The van der Waals surface area contributed by atoms with Crippen LogP contribution in [0.15, 0.2) is 108 Å². The number of likely N-dealkylation sites (N-methyl/N-ethyl adjacent to an activating group) is 1. The predicted molar refractivity (Wildman–Crippen MR) is 179 cm³/mol. The molecule has 232 valence electrons. The van der Waals surface area contributed by atoms with Gasteiger partial charge in [-0.15, -0.1) is 0 Å². The third kappa shape index (κ3) is 7.57. The number of carbonyl (C=O) groups excluding carboxylic acids is 1. The van der Waals surface area contributed by atoms with Gasteiger partial charge >= 0.3 is 0 Å². The van der Waals surface area contributed by atoms with Gasteiger partial charge in [-0.2, -0.15) is 0 Å². The van der Waals surface area contributed by atoms with Crippen LogP contribution in [0, 0.1) is 5.92 Å². The van der Waals surface area contributed by atoms with Crippen LogP contribution in [0.3, 0.4) is 0 Å². The van der Waals surface area contributed by atoms with Crippen molar-refractivity contribution < 1.29 is 13.2 Å². The number of fused-ring (bicyclic) bond motifs is 1. The van der Waals surface area contributed by atoms with Gasteiger partial charge in [-0.1, -0.05) is 91.0 Å². The maximum absolute atomic E-state index is 13.6. The topological polar surface area (TPSA) is 78.5 Å². The van der Waals surface area contributed by atoms with E-state index in [9.17, 15) is 13.2 Å². The fourth-order valence-electron chi connectivity index (χ4n) is 6.75. The highest BCUT2D eigenvalue weighted by Gasteiger charge is 2.38. The Bertz CT molecular complexity index is 1650. The molecule has 4 aromatic carbocycles. The van der Waals surface area contributed by atoms with Crippen LogP contribution in [-0.4, -0.2) is 45.4 Å². The number of hydrogen-bond donors (Lipinski definition) is 2. The number of nitrogens with zero attached hydrogens (tertiary/aromatic N) is 1. The molecule has 1 aliphatic carbocycles. The molecule has 0 bridgehead atoms. The minimum atomic E-state index is -3.92. The molecule has 2 N–H and O–H groups in total. The molecular weight excluding hydrogens is 566 g/mol. The fourth-order valence-corrected chi connectivity index (χ4v) is 8.18. The summed E-state index contributed by atoms with van der Waals surface area (Å²) in [5.74, 6) is 0.395. The van der Waals surface area contributed by atoms with Crippen LogP contribution in [0.4, 0.5) is 0 Å². The average molecular weight is 612 g/mol. The SMILES string of the molecule is CN(C)C1(Cc2ccccc2)CCC(CCNC(=O)CC(C)(NS(=O)(=O)c2ccc3ccccc3c2)c2ccccc2)CC1. The molecule has 6 nitrogen and oxygen atoms in total. The molecule has 1 fully saturated rings. The van der Waals surface area contributed by atoms with E-state index in [0.717, 1.165) is 54.9 Å². The van der Waals surface area contributed by atoms with Crippen LogP contribution in [0.1, 0.15) is 56.6 Å². The molecule has 4 aromatic rings. The molecule has 1 saturated carbocycles. The standard InChI is InChI=1S/C37H45N3O3S/c1-36(33-16-8-5-9-17-33,39-44(42,43)34-19-18-31-14-10-11-15-32(31)26-34)28-35(41)38-25-22-29-20-23-37(24-21-29,40(2)3)27-30-12-6-4-7-13-30/h4-19,26,29,39H,20-25,27-28H2,1-3H3,(H,38,41). The molecule has 1 amide bonds. The molecule has 0 spiro atoms. The predicted octanol–water partition coefficient (Wildman–Crippen LogP) is 6.66. The van der Waals surface area contributed by atoms with E-state index in [4.69, 9.17) is 0 Å². The first-order valence-electron chi connectivity index (χ1n) is 15.7. The molecule has 5 rings (SSSR count). The highest BCUT2D eigenvalue weighted by molar-refractivity contribution is 7.89. The van der Waals surface area contributed by atoms with Gasteiger partial charge in [0.15, 0.2) is 0 Å². The molecule has 0 heterocycles. The zero-order valence-corrected chi connectivity index (χ0v) is 26.9. The molecular formula is C37H45N3O3S. The zero-order chi connectivity index (χ0) is 31.2. The Labute approximate surface area is 262 Å². The van der Waals surface area contributed by atoms with E-state index in [1.807, 2.05) is 60.7 Å². The second kappa shape index (κ2) is 13.6. The summed E-state index contributed by atoms with van der Waals surface area (Å²) >= 11 is 0. The lowest BCUT2D eigenvalue weighted by Gasteiger charge is -2.45. The number of benzene rings is 4. The quantitative estimate of drug-likeness (QED) is 0.188. The monoisotopic (exact) mass is 611 g/mol. The van der Waals surface area contributed by atoms with Crippen molar-refractivity contribution in [3.05, 3.63) is 114 Å². The number of rotatable bonds is 12. The largest absolute Gasteiger partial charge is 0.356 e. The summed E-state index contributed by atoms with van der Waals surface area (Å²) in [5, 5.41) is 4.92. The highest BCUT2D eigenvalue weighted by atomic mass is 32.2. The number of amides is 1. The van der Waals surface area contributed by atoms with Crippen LogP contribution in [0.5, 0.6) is 0 Å². The second-order valence-corrected chi connectivity index (χ2v) is 14.5. The first-order valence-corrected chi connectivity index (χ1v) is 17.1. The molecule has 0 saturated heterocycles. The summed E-state index contributed by atoms with van der Waals surface area (Å²) in [4.78, 5) is 15.9. The van der Waals surface area contributed by atoms with Crippen LogP contribution in [0.25, 0.3) is 10.8 Å². The smallest absolute Gasteiger partial charge is 0.241 e. The first kappa shape index (κ1) is 31.9. The normalized spacial score (nSPS) is 20.3. The third-order valence-corrected chi connectivity index (χ3v) is 11.1. The Balaban J connectivity index is 1.20. The Morgan fingerprint density at radius 3 is 2.14 bits per heavy atom. The number of hydrogen-bond acceptors (Lipinski definition) is 4. The van der Waals surface area contributed by atoms with E-state index in [1.165, 1.54) is 5.56 Å². The maximum Gasteiger partial charge on any atom is 0.241 e. The maximum atomic E-state index is 13.6. The molecule has 1 aliphatic rings. The zero-order valence-electron chi connectivity index (χ0n) is 26.1. The summed E-state index contributed by atoms with van der Waals surface area (Å²) in [7, 11) is 0.476. The molecule has 1 unspecified atom stereocenters. The van der Waals surface area contributed by atoms with E-state index in [-0.39, 0.29) is 22.8 Å². The van der Waals surface area contributed by atoms with Gasteiger partial charge in [-0.05, 0) is 99.5 Å². The molecule has 7 heteroatoms. The first-order chi connectivity index (χ1) is 21.1. The van der Waals surface area contributed by atoms with Crippen molar-refractivity contribution in [2.24, 2.45) is 5.92 Å². The average Bonchev–Trinajstić information content (AvgIpc) is 3.02. The van der Waals surface area contributed by atoms with Crippen molar-refractivity contribution in [1.82, 2.24) is 14.9 Å². The van der Waals surface area contributed by atoms with Gasteiger partial charge in [0, 0.05) is 18.5 Å². The van der Waals surface area contributed by atoms with Crippen molar-refractivity contribution >= 4 is 26.7 Å². The fraction of sp³-hybridized carbons (Fsp3) is 0.378. The summed E-state index contributed by atoms with van der Waals surface area (Å²) in [5.41, 5.74) is 1.17. The van der Waals surface area contributed by atoms with Crippen LogP contribution in [-0.2, 0) is 26.8 Å². The van der Waals surface area contributed by atoms with Crippen molar-refractivity contribution in [2.45, 2.75) is 67.8 Å². The Morgan fingerprint density at radius 1 is 0.864 bits per heavy atom. The van der Waals surface area contributed by atoms with Gasteiger partial charge in [-0.25, -0.2) is 13.1 Å². The molecule has 44 heavy (non-hydrogen) atoms. The minimum absolute atomic E-state index is 0.00466. The van der Waals surface area contributed by atoms with Gasteiger partial charge in [0.2, 0.25) is 15.9 Å². The van der Waals surface area contributed by atoms with Crippen LogP contribution in [0.2, 0.25) is 0 Å². The summed E-state index contributed by atoms with van der Waals surface area (Å²) < 4.78 is 30.2. The van der Waals surface area contributed by atoms with E-state index in [2.05, 4.69) is 59.4 Å². The van der Waals surface area contributed by atoms with E-state index >= 15 is 0 Å². The Hall–Kier alpha value is -3.52. The van der Waals surface area contributed by atoms with Gasteiger partial charge in [0.1, 0.15) is 0 Å². The summed E-state index contributed by atoms with van der Waals surface area (Å²) in [6.07, 6.45) is 6.51. The van der Waals surface area contributed by atoms with Crippen molar-refractivity contribution in [2.75, 3.05) is 20.6 Å². The number of sulfonamides is 1. The highest BCUT2D eigenvalue weighted by Crippen LogP contribution is 2.39. The van der Waals surface area contributed by atoms with Gasteiger partial charge in [0.05, 0.1) is 10.4 Å². The van der Waals surface area contributed by atoms with Gasteiger partial charge < -0.3 is 10.2 Å². The van der Waals surface area contributed by atoms with Gasteiger partial charge in [0.25, 0.3) is 0 Å². The molecule has 0 aromatic heterocycles. The summed E-state index contributed by atoms with van der Waals surface area (Å²) in [6, 6.07) is 32.9. The van der Waals surface area contributed by atoms with E-state index in [1.54, 1.807) is 19.1 Å². The molecule has 0 aliphatic heterocycles. The number of nitrogens with one attached hydrogen (secondary N) is 2. The lowest BCUT2D eigenvalue weighted by atomic mass is 9.72. The minimum Gasteiger partial charge on any atom is -0.356 e. The Morgan fingerprint density at radius 2 is 1.48 bits per heavy atom. The number of carbonyl (C=O) groups is 1. The van der Waals surface area contributed by atoms with Crippen molar-refractivity contribution in [3.63, 3.8) is 0 Å². The summed E-state index contributed by atoms with van der Waals surface area (Å²) in [6.45, 7) is 2.37. The van der Waals surface area contributed by atoms with E-state index in [0.29, 0.717) is 12.5 Å². The van der Waals surface area contributed by atoms with Crippen molar-refractivity contribution in [1.29, 1.82) is 0 Å². The third-order valence-electron chi connectivity index (χ3n) is 9.55. The molecule has 0 radical (unpaired) electrons. The Kier molecular flexibility index (Phi) is 9.88. The lowest BCUT2D eigenvalue weighted by molar-refractivity contribution is -0.122. The second-order valence-electron chi connectivity index (χ2n) is 12.9. The van der Waals surface area contributed by atoms with E-state index < -0.39 is 15.6 Å².